The summed E-state index contributed by atoms with van der Waals surface area (Å²) in [7, 11) is -2.30. The van der Waals surface area contributed by atoms with Crippen LogP contribution in [0.2, 0.25) is 0 Å². The molecule has 2 fully saturated rings. The van der Waals surface area contributed by atoms with Crippen LogP contribution < -0.4 is 10.0 Å². The molecule has 2 aliphatic rings. The van der Waals surface area contributed by atoms with Gasteiger partial charge >= 0.3 is 6.18 Å². The summed E-state index contributed by atoms with van der Waals surface area (Å²) in [5, 5.41) is 4.95. The van der Waals surface area contributed by atoms with Crippen LogP contribution in [0.5, 0.6) is 0 Å². The third kappa shape index (κ3) is 4.97. The predicted molar refractivity (Wildman–Crippen MR) is 102 cm³/mol. The SMILES string of the molecule is CN1CCCCC1CN1CCN(c2ccc(S(N)(=O)=O)c(C(F)(F)F)c2)CC1. The van der Waals surface area contributed by atoms with Crippen LogP contribution in [0.25, 0.3) is 0 Å². The number of primary sulfonamides is 1. The second-order valence-corrected chi connectivity index (χ2v) is 9.17. The number of nitrogens with zero attached hydrogens (tertiary/aromatic N) is 3. The first-order valence-electron chi connectivity index (χ1n) is 9.47. The summed E-state index contributed by atoms with van der Waals surface area (Å²) in [5.41, 5.74) is -0.840. The number of alkyl halides is 3. The molecule has 0 spiro atoms. The molecule has 1 atom stereocenters. The molecule has 6 nitrogen and oxygen atoms in total. The minimum absolute atomic E-state index is 0.370. The summed E-state index contributed by atoms with van der Waals surface area (Å²) in [6.45, 7) is 4.82. The Kier molecular flexibility index (Phi) is 6.23. The smallest absolute Gasteiger partial charge is 0.369 e. The van der Waals surface area contributed by atoms with E-state index in [1.165, 1.54) is 25.3 Å². The molecule has 158 valence electrons. The Morgan fingerprint density at radius 3 is 2.36 bits per heavy atom. The second-order valence-electron chi connectivity index (χ2n) is 7.64. The number of hydrogen-bond acceptors (Lipinski definition) is 5. The van der Waals surface area contributed by atoms with Gasteiger partial charge in [-0.1, -0.05) is 6.42 Å². The molecule has 0 aliphatic carbocycles. The Balaban J connectivity index is 1.69. The van der Waals surface area contributed by atoms with E-state index in [2.05, 4.69) is 16.8 Å². The summed E-state index contributed by atoms with van der Waals surface area (Å²) >= 11 is 0. The number of halogens is 3. The molecule has 1 aromatic carbocycles. The lowest BCUT2D eigenvalue weighted by Crippen LogP contribution is -2.52. The normalized spacial score (nSPS) is 23.2. The van der Waals surface area contributed by atoms with E-state index in [-0.39, 0.29) is 0 Å². The number of piperazine rings is 1. The Morgan fingerprint density at radius 1 is 1.11 bits per heavy atom. The maximum absolute atomic E-state index is 13.3. The van der Waals surface area contributed by atoms with Gasteiger partial charge in [0.05, 0.1) is 10.5 Å². The van der Waals surface area contributed by atoms with Crippen LogP contribution >= 0.6 is 0 Å². The van der Waals surface area contributed by atoms with Crippen LogP contribution in [0.4, 0.5) is 18.9 Å². The first kappa shape index (κ1) is 21.4. The van der Waals surface area contributed by atoms with Crippen LogP contribution in [0, 0.1) is 0 Å². The predicted octanol–water partition coefficient (Wildman–Crippen LogP) is 1.96. The highest BCUT2D eigenvalue weighted by atomic mass is 32.2. The van der Waals surface area contributed by atoms with Crippen molar-refractivity contribution >= 4 is 15.7 Å². The number of likely N-dealkylation sites (N-methyl/N-ethyl adjacent to an activating group) is 1. The molecule has 0 saturated carbocycles. The molecule has 1 unspecified atom stereocenters. The van der Waals surface area contributed by atoms with Crippen molar-refractivity contribution in [3.8, 4) is 0 Å². The van der Waals surface area contributed by atoms with Crippen molar-refractivity contribution in [1.29, 1.82) is 0 Å². The molecular weight excluding hydrogens is 393 g/mol. The van der Waals surface area contributed by atoms with Gasteiger partial charge in [-0.15, -0.1) is 0 Å². The maximum atomic E-state index is 13.3. The lowest BCUT2D eigenvalue weighted by Gasteiger charge is -2.41. The van der Waals surface area contributed by atoms with Gasteiger partial charge < -0.3 is 9.80 Å². The summed E-state index contributed by atoms with van der Waals surface area (Å²) < 4.78 is 63.0. The molecule has 28 heavy (non-hydrogen) atoms. The van der Waals surface area contributed by atoms with E-state index in [0.717, 1.165) is 38.3 Å². The van der Waals surface area contributed by atoms with Gasteiger partial charge in [-0.3, -0.25) is 4.90 Å². The number of hydrogen-bond donors (Lipinski definition) is 1. The fraction of sp³-hybridized carbons (Fsp3) is 0.667. The van der Waals surface area contributed by atoms with Crippen molar-refractivity contribution in [2.45, 2.75) is 36.4 Å². The lowest BCUT2D eigenvalue weighted by molar-refractivity contribution is -0.139. The average Bonchev–Trinajstić information content (AvgIpc) is 2.62. The molecule has 3 rings (SSSR count). The number of sulfonamides is 1. The summed E-state index contributed by atoms with van der Waals surface area (Å²) in [6.07, 6.45) is -1.13. The van der Waals surface area contributed by atoms with Crippen LogP contribution in [0.1, 0.15) is 24.8 Å². The van der Waals surface area contributed by atoms with E-state index in [9.17, 15) is 21.6 Å². The van der Waals surface area contributed by atoms with E-state index in [1.807, 2.05) is 4.90 Å². The van der Waals surface area contributed by atoms with Gasteiger partial charge in [-0.25, -0.2) is 13.6 Å². The van der Waals surface area contributed by atoms with Gasteiger partial charge in [0.25, 0.3) is 0 Å². The number of anilines is 1. The Labute approximate surface area is 164 Å². The second kappa shape index (κ2) is 8.17. The lowest BCUT2D eigenvalue weighted by atomic mass is 10.0. The van der Waals surface area contributed by atoms with Gasteiger partial charge in [0, 0.05) is 44.5 Å². The van der Waals surface area contributed by atoms with Crippen molar-refractivity contribution < 1.29 is 21.6 Å². The fourth-order valence-electron chi connectivity index (χ4n) is 4.05. The number of likely N-dealkylation sites (tertiary alicyclic amines) is 1. The molecule has 10 heteroatoms. The van der Waals surface area contributed by atoms with Crippen LogP contribution in [0.15, 0.2) is 23.1 Å². The van der Waals surface area contributed by atoms with Gasteiger partial charge in [0.15, 0.2) is 0 Å². The molecule has 2 N–H and O–H groups in total. The van der Waals surface area contributed by atoms with Crippen LogP contribution in [0.3, 0.4) is 0 Å². The summed E-state index contributed by atoms with van der Waals surface area (Å²) in [4.78, 5) is 5.72. The fourth-order valence-corrected chi connectivity index (χ4v) is 4.78. The molecular formula is C18H27F3N4O2S. The third-order valence-corrected chi connectivity index (χ3v) is 6.67. The molecule has 2 heterocycles. The zero-order chi connectivity index (χ0) is 20.5. The topological polar surface area (TPSA) is 69.9 Å². The molecule has 0 amide bonds. The number of rotatable bonds is 4. The highest BCUT2D eigenvalue weighted by Crippen LogP contribution is 2.36. The average molecular weight is 421 g/mol. The zero-order valence-corrected chi connectivity index (χ0v) is 16.8. The first-order chi connectivity index (χ1) is 13.1. The van der Waals surface area contributed by atoms with E-state index >= 15 is 0 Å². The molecule has 0 radical (unpaired) electrons. The largest absolute Gasteiger partial charge is 0.417 e. The van der Waals surface area contributed by atoms with Gasteiger partial charge in [0.2, 0.25) is 10.0 Å². The number of nitrogens with two attached hydrogens (primary N) is 1. The molecule has 1 aromatic rings. The van der Waals surface area contributed by atoms with Crippen LogP contribution in [-0.4, -0.2) is 70.6 Å². The number of benzene rings is 1. The minimum Gasteiger partial charge on any atom is -0.369 e. The Hall–Kier alpha value is -1.36. The Morgan fingerprint density at radius 2 is 1.79 bits per heavy atom. The van der Waals surface area contributed by atoms with E-state index in [1.54, 1.807) is 0 Å². The van der Waals surface area contributed by atoms with Crippen LogP contribution in [-0.2, 0) is 16.2 Å². The van der Waals surface area contributed by atoms with E-state index in [0.29, 0.717) is 24.8 Å². The van der Waals surface area contributed by atoms with Gasteiger partial charge in [0.1, 0.15) is 0 Å². The number of piperidine rings is 1. The monoisotopic (exact) mass is 420 g/mol. The van der Waals surface area contributed by atoms with E-state index in [4.69, 9.17) is 5.14 Å². The summed E-state index contributed by atoms with van der Waals surface area (Å²) in [6, 6.07) is 3.78. The van der Waals surface area contributed by atoms with E-state index < -0.39 is 26.7 Å². The molecule has 0 bridgehead atoms. The maximum Gasteiger partial charge on any atom is 0.417 e. The van der Waals surface area contributed by atoms with Crippen molar-refractivity contribution in [3.63, 3.8) is 0 Å². The third-order valence-electron chi connectivity index (χ3n) is 5.70. The minimum atomic E-state index is -4.79. The van der Waals surface area contributed by atoms with Gasteiger partial charge in [-0.05, 0) is 44.6 Å². The Bertz CT molecular complexity index is 793. The van der Waals surface area contributed by atoms with Crippen molar-refractivity contribution in [3.05, 3.63) is 23.8 Å². The van der Waals surface area contributed by atoms with Crippen molar-refractivity contribution in [1.82, 2.24) is 9.80 Å². The van der Waals surface area contributed by atoms with Crippen molar-refractivity contribution in [2.75, 3.05) is 51.2 Å². The molecule has 2 saturated heterocycles. The van der Waals surface area contributed by atoms with Crippen molar-refractivity contribution in [2.24, 2.45) is 5.14 Å². The molecule has 0 aromatic heterocycles. The van der Waals surface area contributed by atoms with Gasteiger partial charge in [-0.2, -0.15) is 13.2 Å². The zero-order valence-electron chi connectivity index (χ0n) is 16.0. The first-order valence-corrected chi connectivity index (χ1v) is 11.0. The highest BCUT2D eigenvalue weighted by Gasteiger charge is 2.37. The summed E-state index contributed by atoms with van der Waals surface area (Å²) in [5.74, 6) is 0. The quantitative estimate of drug-likeness (QED) is 0.807. The molecule has 2 aliphatic heterocycles. The standard InChI is InChI=1S/C18H27F3N4O2S/c1-23-7-3-2-4-15(23)13-24-8-10-25(11-9-24)14-5-6-17(28(22,26)27)16(12-14)18(19,20)21/h5-6,12,15H,2-4,7-11,13H2,1H3,(H2,22,26,27). The highest BCUT2D eigenvalue weighted by molar-refractivity contribution is 7.89.